The molecular weight excluding hydrogens is 258 g/mol. The number of nitrogens with zero attached hydrogens (tertiary/aromatic N) is 5. The van der Waals surface area contributed by atoms with Gasteiger partial charge in [-0.05, 0) is 0 Å². The Balaban J connectivity index is 1.80. The molecule has 2 N–H and O–H groups in total. The van der Waals surface area contributed by atoms with E-state index in [-0.39, 0.29) is 5.56 Å². The average molecular weight is 269 g/mol. The van der Waals surface area contributed by atoms with Gasteiger partial charge in [-0.25, -0.2) is 19.9 Å². The Morgan fingerprint density at radius 2 is 2.00 bits per heavy atom. The first kappa shape index (κ1) is 11.1. The van der Waals surface area contributed by atoms with Crippen LogP contribution in [-0.2, 0) is 13.0 Å². The minimum atomic E-state index is -0.0883. The second-order valence-corrected chi connectivity index (χ2v) is 4.63. The maximum absolute atomic E-state index is 11.9. The number of aromatic amines is 2. The number of anilines is 1. The minimum Gasteiger partial charge on any atom is -0.350 e. The number of nitrogens with one attached hydrogen (secondary N) is 2. The third kappa shape index (κ3) is 1.58. The summed E-state index contributed by atoms with van der Waals surface area (Å²) >= 11 is 0. The summed E-state index contributed by atoms with van der Waals surface area (Å²) in [6.45, 7) is 1.25. The van der Waals surface area contributed by atoms with Gasteiger partial charge in [0.25, 0.3) is 5.56 Å². The molecule has 1 aliphatic rings. The molecule has 0 fully saturated rings. The van der Waals surface area contributed by atoms with Gasteiger partial charge in [-0.1, -0.05) is 0 Å². The van der Waals surface area contributed by atoms with Gasteiger partial charge in [-0.3, -0.25) is 4.79 Å². The number of H-pyrrole nitrogens is 2. The molecule has 3 aromatic rings. The summed E-state index contributed by atoms with van der Waals surface area (Å²) in [5, 5.41) is 0. The highest BCUT2D eigenvalue weighted by atomic mass is 16.1. The van der Waals surface area contributed by atoms with Crippen molar-refractivity contribution in [2.75, 3.05) is 11.4 Å². The first-order valence-electron chi connectivity index (χ1n) is 6.27. The Labute approximate surface area is 112 Å². The van der Waals surface area contributed by atoms with Crippen molar-refractivity contribution in [2.24, 2.45) is 0 Å². The fourth-order valence-electron chi connectivity index (χ4n) is 2.53. The van der Waals surface area contributed by atoms with Crippen LogP contribution in [0.1, 0.15) is 11.3 Å². The molecule has 0 saturated heterocycles. The predicted octanol–water partition coefficient (Wildman–Crippen LogP) is -0.00110. The zero-order valence-corrected chi connectivity index (χ0v) is 10.5. The van der Waals surface area contributed by atoms with E-state index < -0.39 is 0 Å². The molecule has 0 amide bonds. The zero-order valence-electron chi connectivity index (χ0n) is 10.5. The molecule has 0 aromatic carbocycles. The molecule has 0 unspecified atom stereocenters. The van der Waals surface area contributed by atoms with Crippen molar-refractivity contribution in [1.29, 1.82) is 0 Å². The fourth-order valence-corrected chi connectivity index (χ4v) is 2.53. The summed E-state index contributed by atoms with van der Waals surface area (Å²) in [6.07, 6.45) is 5.25. The van der Waals surface area contributed by atoms with Gasteiger partial charge in [0, 0.05) is 13.0 Å². The van der Waals surface area contributed by atoms with E-state index in [0.717, 1.165) is 30.0 Å². The largest absolute Gasteiger partial charge is 0.350 e. The van der Waals surface area contributed by atoms with E-state index in [1.807, 2.05) is 4.90 Å². The van der Waals surface area contributed by atoms with E-state index >= 15 is 0 Å². The molecule has 8 nitrogen and oxygen atoms in total. The summed E-state index contributed by atoms with van der Waals surface area (Å²) in [7, 11) is 0. The van der Waals surface area contributed by atoms with Crippen LogP contribution >= 0.6 is 0 Å². The molecule has 0 radical (unpaired) electrons. The number of imidazole rings is 1. The van der Waals surface area contributed by atoms with Gasteiger partial charge in [0.05, 0.1) is 30.5 Å². The van der Waals surface area contributed by atoms with Crippen LogP contribution in [0.25, 0.3) is 11.2 Å². The molecule has 0 atom stereocenters. The SMILES string of the molecule is O=c1[nH]cnc2c1CN(c1ncnc3nc[nH]c13)CC2. The Morgan fingerprint density at radius 3 is 2.95 bits per heavy atom. The molecule has 8 heteroatoms. The Hall–Kier alpha value is -2.77. The Morgan fingerprint density at radius 1 is 1.10 bits per heavy atom. The summed E-state index contributed by atoms with van der Waals surface area (Å²) < 4.78 is 0. The van der Waals surface area contributed by atoms with Crippen molar-refractivity contribution >= 4 is 17.0 Å². The number of rotatable bonds is 1. The van der Waals surface area contributed by atoms with Gasteiger partial charge in [-0.15, -0.1) is 0 Å². The van der Waals surface area contributed by atoms with Gasteiger partial charge in [-0.2, -0.15) is 0 Å². The van der Waals surface area contributed by atoms with Crippen LogP contribution in [0.2, 0.25) is 0 Å². The van der Waals surface area contributed by atoms with Crippen LogP contribution in [0, 0.1) is 0 Å². The summed E-state index contributed by atoms with van der Waals surface area (Å²) in [5.41, 5.74) is 2.89. The first-order valence-corrected chi connectivity index (χ1v) is 6.27. The lowest BCUT2D eigenvalue weighted by Crippen LogP contribution is -2.36. The maximum atomic E-state index is 11.9. The molecule has 0 aliphatic carbocycles. The predicted molar refractivity (Wildman–Crippen MR) is 71.3 cm³/mol. The molecule has 20 heavy (non-hydrogen) atoms. The Kier molecular flexibility index (Phi) is 2.28. The van der Waals surface area contributed by atoms with Gasteiger partial charge in [0.15, 0.2) is 11.5 Å². The van der Waals surface area contributed by atoms with Crippen LogP contribution in [-0.4, -0.2) is 36.4 Å². The van der Waals surface area contributed by atoms with Crippen molar-refractivity contribution in [2.45, 2.75) is 13.0 Å². The topological polar surface area (TPSA) is 103 Å². The highest BCUT2D eigenvalue weighted by Crippen LogP contribution is 2.24. The summed E-state index contributed by atoms with van der Waals surface area (Å²) in [5.74, 6) is 0.765. The van der Waals surface area contributed by atoms with Gasteiger partial charge in [0.1, 0.15) is 11.8 Å². The monoisotopic (exact) mass is 269 g/mol. The quantitative estimate of drug-likeness (QED) is 0.644. The smallest absolute Gasteiger partial charge is 0.255 e. The molecule has 3 aromatic heterocycles. The second kappa shape index (κ2) is 4.12. The van der Waals surface area contributed by atoms with Crippen molar-refractivity contribution in [3.05, 3.63) is 40.6 Å². The van der Waals surface area contributed by atoms with E-state index in [4.69, 9.17) is 0 Å². The summed E-state index contributed by atoms with van der Waals surface area (Å²) in [4.78, 5) is 36.3. The third-order valence-corrected chi connectivity index (χ3v) is 3.51. The Bertz CT molecular complexity index is 837. The van der Waals surface area contributed by atoms with Gasteiger partial charge in [0.2, 0.25) is 0 Å². The lowest BCUT2D eigenvalue weighted by Gasteiger charge is -2.28. The molecule has 0 spiro atoms. The number of hydrogen-bond donors (Lipinski definition) is 2. The van der Waals surface area contributed by atoms with Gasteiger partial charge < -0.3 is 14.9 Å². The first-order chi connectivity index (χ1) is 9.83. The van der Waals surface area contributed by atoms with E-state index in [0.29, 0.717) is 17.8 Å². The van der Waals surface area contributed by atoms with Crippen LogP contribution in [0.5, 0.6) is 0 Å². The van der Waals surface area contributed by atoms with Crippen molar-refractivity contribution in [3.63, 3.8) is 0 Å². The lowest BCUT2D eigenvalue weighted by molar-refractivity contribution is 0.690. The van der Waals surface area contributed by atoms with Gasteiger partial charge >= 0.3 is 0 Å². The summed E-state index contributed by atoms with van der Waals surface area (Å²) in [6, 6.07) is 0. The zero-order chi connectivity index (χ0) is 13.5. The number of hydrogen-bond acceptors (Lipinski definition) is 6. The van der Waals surface area contributed by atoms with Crippen molar-refractivity contribution < 1.29 is 0 Å². The molecular formula is C12H11N7O. The highest BCUT2D eigenvalue weighted by Gasteiger charge is 2.22. The maximum Gasteiger partial charge on any atom is 0.255 e. The fraction of sp³-hybridized carbons (Fsp3) is 0.250. The molecule has 4 rings (SSSR count). The standard InChI is InChI=1S/C12H11N7O/c20-12-7-3-19(2-1-8(7)13-4-18-12)11-9-10(15-5-14-9)16-6-17-11/h4-6H,1-3H2,(H,13,18,20)(H,14,15,16,17). The molecule has 100 valence electrons. The van der Waals surface area contributed by atoms with Crippen molar-refractivity contribution in [3.8, 4) is 0 Å². The van der Waals surface area contributed by atoms with Crippen molar-refractivity contribution in [1.82, 2.24) is 29.9 Å². The normalized spacial score (nSPS) is 14.5. The highest BCUT2D eigenvalue weighted by molar-refractivity contribution is 5.82. The molecule has 0 bridgehead atoms. The van der Waals surface area contributed by atoms with E-state index in [1.54, 1.807) is 6.33 Å². The third-order valence-electron chi connectivity index (χ3n) is 3.51. The second-order valence-electron chi connectivity index (χ2n) is 4.63. The van der Waals surface area contributed by atoms with E-state index in [9.17, 15) is 4.79 Å². The number of aromatic nitrogens is 6. The molecule has 1 aliphatic heterocycles. The molecule has 0 saturated carbocycles. The van der Waals surface area contributed by atoms with Crippen LogP contribution < -0.4 is 10.5 Å². The average Bonchev–Trinajstić information content (AvgIpc) is 2.96. The lowest BCUT2D eigenvalue weighted by atomic mass is 10.1. The van der Waals surface area contributed by atoms with Crippen LogP contribution in [0.15, 0.2) is 23.8 Å². The number of fused-ring (bicyclic) bond motifs is 2. The minimum absolute atomic E-state index is 0.0883. The van der Waals surface area contributed by atoms with E-state index in [1.165, 1.54) is 12.7 Å². The van der Waals surface area contributed by atoms with E-state index in [2.05, 4.69) is 29.9 Å². The molecule has 4 heterocycles. The van der Waals surface area contributed by atoms with Crippen LogP contribution in [0.3, 0.4) is 0 Å². The van der Waals surface area contributed by atoms with Crippen LogP contribution in [0.4, 0.5) is 5.82 Å².